The van der Waals surface area contributed by atoms with Gasteiger partial charge in [0.1, 0.15) is 12.3 Å². The van der Waals surface area contributed by atoms with Gasteiger partial charge in [-0.3, -0.25) is 9.59 Å². The van der Waals surface area contributed by atoms with Crippen LogP contribution in [0.1, 0.15) is 54.2 Å². The Bertz CT molecular complexity index is 773. The van der Waals surface area contributed by atoms with Crippen molar-refractivity contribution in [2.75, 3.05) is 0 Å². The number of alkyl halides is 3. The van der Waals surface area contributed by atoms with Crippen LogP contribution in [-0.2, 0) is 11.0 Å². The molecule has 0 aliphatic rings. The lowest BCUT2D eigenvalue weighted by molar-refractivity contribution is -0.137. The maximum Gasteiger partial charge on any atom is 0.416 e. The van der Waals surface area contributed by atoms with Crippen molar-refractivity contribution in [3.8, 4) is 0 Å². The summed E-state index contributed by atoms with van der Waals surface area (Å²) in [5.74, 6) is -0.958. The summed E-state index contributed by atoms with van der Waals surface area (Å²) >= 11 is 0. The summed E-state index contributed by atoms with van der Waals surface area (Å²) in [4.78, 5) is 24.4. The van der Waals surface area contributed by atoms with E-state index in [0.717, 1.165) is 12.1 Å². The first kappa shape index (κ1) is 20.5. The number of nitrogens with one attached hydrogen (secondary N) is 2. The SMILES string of the molecule is CCCC(NC(=O)C(C)NC(=O)c1ccoc1)c1cccc(C(F)(F)F)c1. The molecular formula is C19H21F3N2O3. The van der Waals surface area contributed by atoms with Crippen LogP contribution in [0.25, 0.3) is 0 Å². The van der Waals surface area contributed by atoms with Gasteiger partial charge in [-0.25, -0.2) is 0 Å². The zero-order valence-corrected chi connectivity index (χ0v) is 15.0. The minimum Gasteiger partial charge on any atom is -0.472 e. The Labute approximate surface area is 154 Å². The molecule has 1 aromatic carbocycles. The summed E-state index contributed by atoms with van der Waals surface area (Å²) < 4.78 is 43.6. The average Bonchev–Trinajstić information content (AvgIpc) is 3.15. The quantitative estimate of drug-likeness (QED) is 0.758. The van der Waals surface area contributed by atoms with E-state index in [9.17, 15) is 22.8 Å². The third kappa shape index (κ3) is 5.60. The highest BCUT2D eigenvalue weighted by molar-refractivity contribution is 5.97. The molecule has 2 rings (SSSR count). The summed E-state index contributed by atoms with van der Waals surface area (Å²) in [6.45, 7) is 3.37. The van der Waals surface area contributed by atoms with Crippen molar-refractivity contribution < 1.29 is 27.2 Å². The topological polar surface area (TPSA) is 71.3 Å². The van der Waals surface area contributed by atoms with Crippen LogP contribution in [0, 0.1) is 0 Å². The highest BCUT2D eigenvalue weighted by Crippen LogP contribution is 2.31. The minimum atomic E-state index is -4.46. The van der Waals surface area contributed by atoms with Crippen LogP contribution in [0.15, 0.2) is 47.3 Å². The van der Waals surface area contributed by atoms with Crippen molar-refractivity contribution in [1.29, 1.82) is 0 Å². The fourth-order valence-corrected chi connectivity index (χ4v) is 2.58. The van der Waals surface area contributed by atoms with Crippen molar-refractivity contribution in [3.63, 3.8) is 0 Å². The summed E-state index contributed by atoms with van der Waals surface area (Å²) in [5.41, 5.74) is -0.123. The highest BCUT2D eigenvalue weighted by Gasteiger charge is 2.31. The molecule has 0 saturated heterocycles. The number of amides is 2. The monoisotopic (exact) mass is 382 g/mol. The van der Waals surface area contributed by atoms with Gasteiger partial charge in [0.25, 0.3) is 5.91 Å². The van der Waals surface area contributed by atoms with Crippen molar-refractivity contribution in [1.82, 2.24) is 10.6 Å². The van der Waals surface area contributed by atoms with E-state index in [1.165, 1.54) is 31.6 Å². The molecule has 8 heteroatoms. The summed E-state index contributed by atoms with van der Waals surface area (Å²) in [7, 11) is 0. The zero-order chi connectivity index (χ0) is 20.0. The molecule has 0 saturated carbocycles. The summed E-state index contributed by atoms with van der Waals surface area (Å²) in [6, 6.07) is 4.90. The first-order valence-electron chi connectivity index (χ1n) is 8.53. The molecule has 0 aliphatic carbocycles. The Kier molecular flexibility index (Phi) is 6.65. The van der Waals surface area contributed by atoms with Gasteiger partial charge in [-0.1, -0.05) is 25.5 Å². The Morgan fingerprint density at radius 3 is 2.52 bits per heavy atom. The predicted molar refractivity (Wildman–Crippen MR) is 92.9 cm³/mol. The van der Waals surface area contributed by atoms with E-state index >= 15 is 0 Å². The predicted octanol–water partition coefficient (Wildman–Crippen LogP) is 4.07. The van der Waals surface area contributed by atoms with Crippen LogP contribution in [-0.4, -0.2) is 17.9 Å². The Hall–Kier alpha value is -2.77. The van der Waals surface area contributed by atoms with Gasteiger partial charge < -0.3 is 15.1 Å². The number of hydrogen-bond donors (Lipinski definition) is 2. The van der Waals surface area contributed by atoms with Crippen LogP contribution in [0.3, 0.4) is 0 Å². The molecule has 146 valence electrons. The largest absolute Gasteiger partial charge is 0.472 e. The molecule has 5 nitrogen and oxygen atoms in total. The van der Waals surface area contributed by atoms with Crippen LogP contribution >= 0.6 is 0 Å². The summed E-state index contributed by atoms with van der Waals surface area (Å²) in [5, 5.41) is 5.24. The fourth-order valence-electron chi connectivity index (χ4n) is 2.58. The van der Waals surface area contributed by atoms with Gasteiger partial charge in [0.05, 0.1) is 23.4 Å². The first-order chi connectivity index (χ1) is 12.7. The average molecular weight is 382 g/mol. The molecule has 2 aromatic rings. The van der Waals surface area contributed by atoms with Gasteiger partial charge in [-0.15, -0.1) is 0 Å². The van der Waals surface area contributed by atoms with Gasteiger partial charge in [0, 0.05) is 0 Å². The Balaban J connectivity index is 2.08. The molecule has 1 aromatic heterocycles. The van der Waals surface area contributed by atoms with Crippen molar-refractivity contribution in [2.24, 2.45) is 0 Å². The zero-order valence-electron chi connectivity index (χ0n) is 15.0. The van der Waals surface area contributed by atoms with Crippen molar-refractivity contribution in [3.05, 3.63) is 59.5 Å². The van der Waals surface area contributed by atoms with Crippen LogP contribution < -0.4 is 10.6 Å². The second-order valence-electron chi connectivity index (χ2n) is 6.18. The molecule has 2 amide bonds. The molecule has 0 fully saturated rings. The second kappa shape index (κ2) is 8.75. The van der Waals surface area contributed by atoms with E-state index < -0.39 is 35.6 Å². The van der Waals surface area contributed by atoms with E-state index in [4.69, 9.17) is 4.42 Å². The number of carbonyl (C=O) groups excluding carboxylic acids is 2. The maximum atomic E-state index is 12.9. The van der Waals surface area contributed by atoms with Gasteiger partial charge in [-0.2, -0.15) is 13.2 Å². The standard InChI is InChI=1S/C19H21F3N2O3/c1-3-5-16(13-6-4-7-15(10-13)19(20,21)22)24-17(25)12(2)23-18(26)14-8-9-27-11-14/h4,6-12,16H,3,5H2,1-2H3,(H,23,26)(H,24,25). The lowest BCUT2D eigenvalue weighted by Crippen LogP contribution is -2.45. The van der Waals surface area contributed by atoms with E-state index in [1.807, 2.05) is 6.92 Å². The van der Waals surface area contributed by atoms with Crippen molar-refractivity contribution in [2.45, 2.75) is 44.9 Å². The lowest BCUT2D eigenvalue weighted by atomic mass is 9.99. The van der Waals surface area contributed by atoms with Crippen LogP contribution in [0.5, 0.6) is 0 Å². The molecule has 0 radical (unpaired) electrons. The Morgan fingerprint density at radius 2 is 1.93 bits per heavy atom. The molecule has 0 spiro atoms. The minimum absolute atomic E-state index is 0.276. The smallest absolute Gasteiger partial charge is 0.416 e. The number of benzene rings is 1. The second-order valence-corrected chi connectivity index (χ2v) is 6.18. The van der Waals surface area contributed by atoms with Gasteiger partial charge >= 0.3 is 6.18 Å². The van der Waals surface area contributed by atoms with Gasteiger partial charge in [-0.05, 0) is 37.1 Å². The molecule has 0 aliphatic heterocycles. The highest BCUT2D eigenvalue weighted by atomic mass is 19.4. The lowest BCUT2D eigenvalue weighted by Gasteiger charge is -2.22. The molecule has 1 heterocycles. The number of furan rings is 1. The van der Waals surface area contributed by atoms with Crippen LogP contribution in [0.2, 0.25) is 0 Å². The van der Waals surface area contributed by atoms with Crippen molar-refractivity contribution >= 4 is 11.8 Å². The van der Waals surface area contributed by atoms with Crippen LogP contribution in [0.4, 0.5) is 13.2 Å². The number of rotatable bonds is 7. The number of carbonyl (C=O) groups is 2. The fraction of sp³-hybridized carbons (Fsp3) is 0.368. The molecule has 2 unspecified atom stereocenters. The molecule has 27 heavy (non-hydrogen) atoms. The van der Waals surface area contributed by atoms with E-state index in [1.54, 1.807) is 6.07 Å². The van der Waals surface area contributed by atoms with E-state index in [2.05, 4.69) is 10.6 Å². The van der Waals surface area contributed by atoms with E-state index in [0.29, 0.717) is 18.4 Å². The molecule has 2 atom stereocenters. The molecule has 0 bridgehead atoms. The summed E-state index contributed by atoms with van der Waals surface area (Å²) in [6.07, 6.45) is -0.734. The first-order valence-corrected chi connectivity index (χ1v) is 8.53. The van der Waals surface area contributed by atoms with E-state index in [-0.39, 0.29) is 5.56 Å². The van der Waals surface area contributed by atoms with Gasteiger partial charge in [0.15, 0.2) is 0 Å². The molecular weight excluding hydrogens is 361 g/mol. The third-order valence-electron chi connectivity index (χ3n) is 4.03. The maximum absolute atomic E-state index is 12.9. The van der Waals surface area contributed by atoms with Gasteiger partial charge in [0.2, 0.25) is 5.91 Å². The number of halogens is 3. The normalized spacial score (nSPS) is 13.7. The Morgan fingerprint density at radius 1 is 1.19 bits per heavy atom. The number of hydrogen-bond acceptors (Lipinski definition) is 3. The third-order valence-corrected chi connectivity index (χ3v) is 4.03. The molecule has 2 N–H and O–H groups in total.